The first-order valence-corrected chi connectivity index (χ1v) is 9.11. The molecule has 1 N–H and O–H groups in total. The Labute approximate surface area is 137 Å². The quantitative estimate of drug-likeness (QED) is 0.842. The minimum Gasteiger partial charge on any atom is -0.353 e. The summed E-state index contributed by atoms with van der Waals surface area (Å²) in [5.74, 6) is 0. The molecule has 1 unspecified atom stereocenters. The van der Waals surface area contributed by atoms with Crippen molar-refractivity contribution in [3.63, 3.8) is 0 Å². The summed E-state index contributed by atoms with van der Waals surface area (Å²) in [6.07, 6.45) is 4.66. The van der Waals surface area contributed by atoms with Crippen molar-refractivity contribution in [2.75, 3.05) is 32.7 Å². The van der Waals surface area contributed by atoms with Gasteiger partial charge in [0.05, 0.1) is 0 Å². The maximum absolute atomic E-state index is 3.46. The average Bonchev–Trinajstić information content (AvgIpc) is 3.22. The lowest BCUT2D eigenvalue weighted by atomic mass is 10.1. The van der Waals surface area contributed by atoms with Gasteiger partial charge in [-0.15, -0.1) is 0 Å². The lowest BCUT2D eigenvalue weighted by Gasteiger charge is -2.33. The zero-order chi connectivity index (χ0) is 14.8. The number of hydrogen-bond donors (Lipinski definition) is 1. The zero-order valence-electron chi connectivity index (χ0n) is 12.9. The van der Waals surface area contributed by atoms with E-state index in [0.29, 0.717) is 5.50 Å². The van der Waals surface area contributed by atoms with Crippen LogP contribution >= 0.6 is 11.8 Å². The lowest BCUT2D eigenvalue weighted by Crippen LogP contribution is -2.42. The molecule has 22 heavy (non-hydrogen) atoms. The van der Waals surface area contributed by atoms with Crippen molar-refractivity contribution in [2.24, 2.45) is 0 Å². The first kappa shape index (κ1) is 14.4. The van der Waals surface area contributed by atoms with Crippen LogP contribution in [0.25, 0.3) is 0 Å². The molecule has 0 aromatic heterocycles. The molecule has 3 nitrogen and oxygen atoms in total. The van der Waals surface area contributed by atoms with E-state index in [1.807, 2.05) is 11.8 Å². The van der Waals surface area contributed by atoms with Crippen molar-refractivity contribution in [1.29, 1.82) is 0 Å². The fourth-order valence-corrected chi connectivity index (χ4v) is 4.60. The molecule has 0 saturated heterocycles. The Bertz CT molecular complexity index is 565. The molecule has 0 aliphatic carbocycles. The normalized spacial score (nSPS) is 24.5. The van der Waals surface area contributed by atoms with Crippen molar-refractivity contribution in [2.45, 2.75) is 18.3 Å². The van der Waals surface area contributed by atoms with Gasteiger partial charge in [0.15, 0.2) is 0 Å². The summed E-state index contributed by atoms with van der Waals surface area (Å²) in [5, 5.41) is 5.72. The molecule has 0 fully saturated rings. The molecule has 1 aromatic rings. The third kappa shape index (κ3) is 2.96. The fraction of sp³-hybridized carbons (Fsp3) is 0.444. The van der Waals surface area contributed by atoms with Crippen LogP contribution in [0.5, 0.6) is 0 Å². The lowest BCUT2D eigenvalue weighted by molar-refractivity contribution is 0.176. The van der Waals surface area contributed by atoms with Gasteiger partial charge in [-0.2, -0.15) is 0 Å². The predicted molar refractivity (Wildman–Crippen MR) is 93.5 cm³/mol. The van der Waals surface area contributed by atoms with Crippen LogP contribution in [0.4, 0.5) is 0 Å². The second kappa shape index (κ2) is 6.49. The van der Waals surface area contributed by atoms with Crippen molar-refractivity contribution in [3.05, 3.63) is 58.6 Å². The third-order valence-corrected chi connectivity index (χ3v) is 5.83. The van der Waals surface area contributed by atoms with Crippen LogP contribution in [0.1, 0.15) is 12.0 Å². The monoisotopic (exact) mass is 313 g/mol. The van der Waals surface area contributed by atoms with Gasteiger partial charge in [0.25, 0.3) is 0 Å². The Kier molecular flexibility index (Phi) is 4.24. The van der Waals surface area contributed by atoms with E-state index in [1.54, 1.807) is 11.1 Å². The SMILES string of the molecule is C1=CN(CCCc2ccccc2)C(N2CC3=C(CNC3)C2)S1. The van der Waals surface area contributed by atoms with E-state index in [4.69, 9.17) is 0 Å². The molecular weight excluding hydrogens is 290 g/mol. The van der Waals surface area contributed by atoms with Crippen LogP contribution in [-0.4, -0.2) is 48.0 Å². The van der Waals surface area contributed by atoms with E-state index >= 15 is 0 Å². The van der Waals surface area contributed by atoms with E-state index in [-0.39, 0.29) is 0 Å². The number of nitrogens with one attached hydrogen (secondary N) is 1. The number of aryl methyl sites for hydroxylation is 1. The van der Waals surface area contributed by atoms with Gasteiger partial charge in [-0.25, -0.2) is 0 Å². The molecule has 0 saturated carbocycles. The van der Waals surface area contributed by atoms with Gasteiger partial charge >= 0.3 is 0 Å². The summed E-state index contributed by atoms with van der Waals surface area (Å²) in [7, 11) is 0. The highest BCUT2D eigenvalue weighted by molar-refractivity contribution is 8.02. The van der Waals surface area contributed by atoms with Gasteiger partial charge in [0.1, 0.15) is 5.50 Å². The van der Waals surface area contributed by atoms with Gasteiger partial charge in [0.2, 0.25) is 0 Å². The topological polar surface area (TPSA) is 18.5 Å². The molecular formula is C18H23N3S. The molecule has 4 rings (SSSR count). The summed E-state index contributed by atoms with van der Waals surface area (Å²) in [5.41, 5.74) is 5.22. The minimum absolute atomic E-state index is 0.501. The standard InChI is InChI=1S/C18H23N3S/c1-2-5-15(6-3-1)7-4-8-20-9-10-22-18(20)21-13-16-11-19-12-17(16)14-21/h1-3,5-6,9-10,18-19H,4,7-8,11-14H2. The van der Waals surface area contributed by atoms with E-state index < -0.39 is 0 Å². The third-order valence-electron chi connectivity index (χ3n) is 4.74. The zero-order valence-corrected chi connectivity index (χ0v) is 13.7. The van der Waals surface area contributed by atoms with Crippen LogP contribution in [-0.2, 0) is 6.42 Å². The average molecular weight is 313 g/mol. The second-order valence-electron chi connectivity index (χ2n) is 6.29. The van der Waals surface area contributed by atoms with Crippen LogP contribution in [0.15, 0.2) is 53.1 Å². The molecule has 1 aromatic carbocycles. The van der Waals surface area contributed by atoms with Crippen molar-refractivity contribution in [3.8, 4) is 0 Å². The van der Waals surface area contributed by atoms with E-state index in [1.165, 1.54) is 18.4 Å². The minimum atomic E-state index is 0.501. The van der Waals surface area contributed by atoms with Crippen LogP contribution in [0.2, 0.25) is 0 Å². The number of thioether (sulfide) groups is 1. The summed E-state index contributed by atoms with van der Waals surface area (Å²) in [4.78, 5) is 5.14. The number of hydrogen-bond acceptors (Lipinski definition) is 4. The van der Waals surface area contributed by atoms with Crippen molar-refractivity contribution < 1.29 is 0 Å². The smallest absolute Gasteiger partial charge is 0.134 e. The molecule has 0 amide bonds. The second-order valence-corrected chi connectivity index (χ2v) is 7.26. The molecule has 116 valence electrons. The maximum atomic E-state index is 3.46. The predicted octanol–water partition coefficient (Wildman–Crippen LogP) is 2.64. The first-order chi connectivity index (χ1) is 10.9. The van der Waals surface area contributed by atoms with Gasteiger partial charge < -0.3 is 10.2 Å². The fourth-order valence-electron chi connectivity index (χ4n) is 3.58. The van der Waals surface area contributed by atoms with Gasteiger partial charge in [-0.3, -0.25) is 4.90 Å². The molecule has 3 aliphatic rings. The maximum Gasteiger partial charge on any atom is 0.134 e. The molecule has 4 heteroatoms. The number of rotatable bonds is 5. The van der Waals surface area contributed by atoms with Crippen molar-refractivity contribution >= 4 is 11.8 Å². The summed E-state index contributed by atoms with van der Waals surface area (Å²) >= 11 is 1.96. The molecule has 3 heterocycles. The van der Waals surface area contributed by atoms with E-state index in [9.17, 15) is 0 Å². The Morgan fingerprint density at radius 1 is 1.09 bits per heavy atom. The Morgan fingerprint density at radius 3 is 2.64 bits per heavy atom. The Morgan fingerprint density at radius 2 is 1.86 bits per heavy atom. The van der Waals surface area contributed by atoms with Gasteiger partial charge in [-0.05, 0) is 35.0 Å². The largest absolute Gasteiger partial charge is 0.353 e. The molecule has 3 aliphatic heterocycles. The van der Waals surface area contributed by atoms with E-state index in [0.717, 1.165) is 32.7 Å². The molecule has 0 radical (unpaired) electrons. The van der Waals surface area contributed by atoms with Gasteiger partial charge in [0, 0.05) is 38.9 Å². The summed E-state index contributed by atoms with van der Waals surface area (Å²) in [6.45, 7) is 5.64. The van der Waals surface area contributed by atoms with Crippen LogP contribution in [0, 0.1) is 0 Å². The highest BCUT2D eigenvalue weighted by Gasteiger charge is 2.33. The van der Waals surface area contributed by atoms with Crippen LogP contribution < -0.4 is 5.32 Å². The van der Waals surface area contributed by atoms with Crippen molar-refractivity contribution in [1.82, 2.24) is 15.1 Å². The highest BCUT2D eigenvalue weighted by atomic mass is 32.2. The van der Waals surface area contributed by atoms with Gasteiger partial charge in [-0.1, -0.05) is 42.1 Å². The Hall–Kier alpha value is -1.23. The molecule has 0 bridgehead atoms. The van der Waals surface area contributed by atoms with Crippen LogP contribution in [0.3, 0.4) is 0 Å². The summed E-state index contributed by atoms with van der Waals surface area (Å²) in [6, 6.07) is 10.8. The number of nitrogens with zero attached hydrogens (tertiary/aromatic N) is 2. The summed E-state index contributed by atoms with van der Waals surface area (Å²) < 4.78 is 0. The molecule has 0 spiro atoms. The molecule has 1 atom stereocenters. The highest BCUT2D eigenvalue weighted by Crippen LogP contribution is 2.33. The first-order valence-electron chi connectivity index (χ1n) is 8.16. The van der Waals surface area contributed by atoms with E-state index in [2.05, 4.69) is 57.1 Å². The Balaban J connectivity index is 1.29. The number of benzene rings is 1.